The van der Waals surface area contributed by atoms with Crippen LogP contribution in [0.2, 0.25) is 5.02 Å². The average molecular weight is 460 g/mol. The van der Waals surface area contributed by atoms with E-state index < -0.39 is 11.9 Å². The third-order valence-electron chi connectivity index (χ3n) is 4.17. The smallest absolute Gasteiger partial charge is 0.341 e. The van der Waals surface area contributed by atoms with Crippen molar-refractivity contribution in [3.8, 4) is 22.6 Å². The molecule has 1 heterocycles. The van der Waals surface area contributed by atoms with Crippen molar-refractivity contribution >= 4 is 39.8 Å². The van der Waals surface area contributed by atoms with E-state index in [1.54, 1.807) is 31.2 Å². The van der Waals surface area contributed by atoms with Gasteiger partial charge in [0.1, 0.15) is 22.1 Å². The fraction of sp³-hybridized carbons (Fsp3) is 0.217. The molecule has 3 aromatic rings. The van der Waals surface area contributed by atoms with E-state index in [9.17, 15) is 9.59 Å². The normalized spacial score (nSPS) is 10.4. The molecule has 0 aliphatic rings. The number of halogens is 1. The van der Waals surface area contributed by atoms with Gasteiger partial charge in [-0.3, -0.25) is 4.79 Å². The van der Waals surface area contributed by atoms with Crippen LogP contribution < -0.4 is 14.8 Å². The number of amides is 1. The summed E-state index contributed by atoms with van der Waals surface area (Å²) < 4.78 is 16.2. The van der Waals surface area contributed by atoms with E-state index in [0.29, 0.717) is 33.5 Å². The van der Waals surface area contributed by atoms with Crippen LogP contribution in [0.25, 0.3) is 11.1 Å². The van der Waals surface area contributed by atoms with Gasteiger partial charge < -0.3 is 19.5 Å². The van der Waals surface area contributed by atoms with Crippen molar-refractivity contribution in [1.29, 1.82) is 0 Å². The van der Waals surface area contributed by atoms with Gasteiger partial charge in [-0.05, 0) is 49.7 Å². The van der Waals surface area contributed by atoms with Gasteiger partial charge in [-0.25, -0.2) is 4.79 Å². The Kier molecular flexibility index (Phi) is 7.92. The zero-order valence-electron chi connectivity index (χ0n) is 17.1. The summed E-state index contributed by atoms with van der Waals surface area (Å²) in [7, 11) is 0. The second-order valence-corrected chi connectivity index (χ2v) is 7.64. The lowest BCUT2D eigenvalue weighted by molar-refractivity contribution is -0.118. The molecule has 0 bridgehead atoms. The molecule has 0 saturated heterocycles. The number of hydrogen-bond donors (Lipinski definition) is 1. The zero-order chi connectivity index (χ0) is 22.2. The number of esters is 1. The summed E-state index contributed by atoms with van der Waals surface area (Å²) in [5.74, 6) is 0.324. The summed E-state index contributed by atoms with van der Waals surface area (Å²) in [6.07, 6.45) is 0. The van der Waals surface area contributed by atoms with Crippen LogP contribution in [-0.4, -0.2) is 31.7 Å². The fourth-order valence-corrected chi connectivity index (χ4v) is 3.99. The van der Waals surface area contributed by atoms with Crippen LogP contribution in [0.4, 0.5) is 5.00 Å². The van der Waals surface area contributed by atoms with E-state index in [1.807, 2.05) is 36.6 Å². The minimum Gasteiger partial charge on any atom is -0.494 e. The summed E-state index contributed by atoms with van der Waals surface area (Å²) in [5, 5.41) is 5.49. The molecule has 0 aliphatic heterocycles. The molecule has 0 radical (unpaired) electrons. The monoisotopic (exact) mass is 459 g/mol. The summed E-state index contributed by atoms with van der Waals surface area (Å²) in [5.41, 5.74) is 1.81. The van der Waals surface area contributed by atoms with Gasteiger partial charge in [0.2, 0.25) is 0 Å². The number of anilines is 1. The lowest BCUT2D eigenvalue weighted by Gasteiger charge is -2.10. The number of ether oxygens (including phenoxy) is 3. The molecular weight excluding hydrogens is 438 g/mol. The van der Waals surface area contributed by atoms with Crippen molar-refractivity contribution < 1.29 is 23.8 Å². The van der Waals surface area contributed by atoms with E-state index >= 15 is 0 Å². The molecule has 0 atom stereocenters. The highest BCUT2D eigenvalue weighted by molar-refractivity contribution is 7.15. The Labute approximate surface area is 189 Å². The van der Waals surface area contributed by atoms with Gasteiger partial charge in [0.25, 0.3) is 5.91 Å². The van der Waals surface area contributed by atoms with Crippen molar-refractivity contribution in [1.82, 2.24) is 0 Å². The summed E-state index contributed by atoms with van der Waals surface area (Å²) in [6.45, 7) is 4.22. The first-order chi connectivity index (χ1) is 15.0. The topological polar surface area (TPSA) is 73.9 Å². The summed E-state index contributed by atoms with van der Waals surface area (Å²) >= 11 is 7.18. The van der Waals surface area contributed by atoms with Gasteiger partial charge in [-0.1, -0.05) is 29.8 Å². The predicted molar refractivity (Wildman–Crippen MR) is 122 cm³/mol. The molecule has 1 aromatic heterocycles. The van der Waals surface area contributed by atoms with Gasteiger partial charge in [0.15, 0.2) is 6.61 Å². The molecule has 8 heteroatoms. The Hall–Kier alpha value is -3.03. The first-order valence-electron chi connectivity index (χ1n) is 9.71. The Bertz CT molecular complexity index is 1050. The number of carbonyl (C=O) groups excluding carboxylic acids is 2. The third kappa shape index (κ3) is 5.99. The highest BCUT2D eigenvalue weighted by Crippen LogP contribution is 2.37. The van der Waals surface area contributed by atoms with Crippen LogP contribution in [-0.2, 0) is 9.53 Å². The Morgan fingerprint density at radius 3 is 2.45 bits per heavy atom. The quantitative estimate of drug-likeness (QED) is 0.418. The molecule has 0 spiro atoms. The largest absolute Gasteiger partial charge is 0.494 e. The highest BCUT2D eigenvalue weighted by atomic mass is 35.5. The van der Waals surface area contributed by atoms with Crippen molar-refractivity contribution in [2.45, 2.75) is 13.8 Å². The van der Waals surface area contributed by atoms with Crippen molar-refractivity contribution in [2.24, 2.45) is 0 Å². The minimum atomic E-state index is -0.501. The number of benzene rings is 2. The first kappa shape index (κ1) is 22.7. The minimum absolute atomic E-state index is 0.223. The van der Waals surface area contributed by atoms with Crippen LogP contribution >= 0.6 is 22.9 Å². The lowest BCUT2D eigenvalue weighted by Crippen LogP contribution is -2.21. The highest BCUT2D eigenvalue weighted by Gasteiger charge is 2.23. The molecule has 0 aliphatic carbocycles. The SMILES string of the molecule is CCOC(=O)c1c(-c2ccc(OCC)cc2)csc1NC(=O)COc1cccc(Cl)c1. The fourth-order valence-electron chi connectivity index (χ4n) is 2.83. The third-order valence-corrected chi connectivity index (χ3v) is 5.30. The molecule has 31 heavy (non-hydrogen) atoms. The average Bonchev–Trinajstić information content (AvgIpc) is 3.17. The standard InChI is InChI=1S/C23H22ClNO5S/c1-3-28-17-10-8-15(9-11-17)19-14-31-22(21(19)23(27)29-4-2)25-20(26)13-30-18-7-5-6-16(24)12-18/h5-12,14H,3-4,13H2,1-2H3,(H,25,26). The van der Waals surface area contributed by atoms with Crippen molar-refractivity contribution in [3.63, 3.8) is 0 Å². The van der Waals surface area contributed by atoms with Crippen LogP contribution in [0.15, 0.2) is 53.9 Å². The van der Waals surface area contributed by atoms with Gasteiger partial charge in [0.05, 0.1) is 13.2 Å². The molecule has 1 N–H and O–H groups in total. The van der Waals surface area contributed by atoms with Gasteiger partial charge in [-0.2, -0.15) is 0 Å². The molecule has 6 nitrogen and oxygen atoms in total. The maximum absolute atomic E-state index is 12.7. The molecule has 0 unspecified atom stereocenters. The van der Waals surface area contributed by atoms with E-state index in [0.717, 1.165) is 11.3 Å². The Balaban J connectivity index is 1.79. The van der Waals surface area contributed by atoms with Crippen molar-refractivity contribution in [3.05, 3.63) is 64.5 Å². The van der Waals surface area contributed by atoms with Gasteiger partial charge in [-0.15, -0.1) is 11.3 Å². The number of rotatable bonds is 9. The van der Waals surface area contributed by atoms with Gasteiger partial charge in [0, 0.05) is 16.0 Å². The molecule has 162 valence electrons. The summed E-state index contributed by atoms with van der Waals surface area (Å²) in [6, 6.07) is 14.2. The van der Waals surface area contributed by atoms with E-state index in [4.69, 9.17) is 25.8 Å². The summed E-state index contributed by atoms with van der Waals surface area (Å²) in [4.78, 5) is 25.1. The number of thiophene rings is 1. The van der Waals surface area contributed by atoms with Crippen LogP contribution in [0, 0.1) is 0 Å². The van der Waals surface area contributed by atoms with Crippen molar-refractivity contribution in [2.75, 3.05) is 25.1 Å². The van der Waals surface area contributed by atoms with Crippen LogP contribution in [0.1, 0.15) is 24.2 Å². The molecule has 0 saturated carbocycles. The lowest BCUT2D eigenvalue weighted by atomic mass is 10.0. The van der Waals surface area contributed by atoms with Gasteiger partial charge >= 0.3 is 5.97 Å². The van der Waals surface area contributed by atoms with Crippen LogP contribution in [0.5, 0.6) is 11.5 Å². The Morgan fingerprint density at radius 1 is 1.00 bits per heavy atom. The molecule has 2 aromatic carbocycles. The maximum atomic E-state index is 12.7. The van der Waals surface area contributed by atoms with E-state index in [1.165, 1.54) is 11.3 Å². The predicted octanol–water partition coefficient (Wildman–Crippen LogP) is 5.66. The molecule has 1 amide bonds. The second kappa shape index (κ2) is 10.8. The molecule has 0 fully saturated rings. The number of carbonyl (C=O) groups is 2. The van der Waals surface area contributed by atoms with E-state index in [-0.39, 0.29) is 13.2 Å². The molecule has 3 rings (SSSR count). The Morgan fingerprint density at radius 2 is 1.77 bits per heavy atom. The molecular formula is C23H22ClNO5S. The zero-order valence-corrected chi connectivity index (χ0v) is 18.7. The van der Waals surface area contributed by atoms with E-state index in [2.05, 4.69) is 5.32 Å². The number of nitrogens with one attached hydrogen (secondary N) is 1. The second-order valence-electron chi connectivity index (χ2n) is 6.33. The first-order valence-corrected chi connectivity index (χ1v) is 11.0. The maximum Gasteiger partial charge on any atom is 0.341 e. The van der Waals surface area contributed by atoms with Crippen LogP contribution in [0.3, 0.4) is 0 Å². The number of hydrogen-bond acceptors (Lipinski definition) is 6.